The Labute approximate surface area is 204 Å². The van der Waals surface area contributed by atoms with Gasteiger partial charge in [0.25, 0.3) is 0 Å². The quantitative estimate of drug-likeness (QED) is 0.106. The predicted molar refractivity (Wildman–Crippen MR) is 129 cm³/mol. The van der Waals surface area contributed by atoms with Gasteiger partial charge in [-0.1, -0.05) is 46.3 Å². The van der Waals surface area contributed by atoms with Gasteiger partial charge in [-0.2, -0.15) is 0 Å². The zero-order valence-corrected chi connectivity index (χ0v) is 21.3. The summed E-state index contributed by atoms with van der Waals surface area (Å²) in [5.74, 6) is -0.733. The number of ether oxygens (including phenoxy) is 5. The van der Waals surface area contributed by atoms with E-state index in [0.717, 1.165) is 18.9 Å². The third kappa shape index (κ3) is 32.4. The highest BCUT2D eigenvalue weighted by Gasteiger charge is 2.09. The Kier molecular flexibility index (Phi) is 31.6. The molecule has 0 radical (unpaired) electrons. The molecule has 0 rings (SSSR count). The van der Waals surface area contributed by atoms with Gasteiger partial charge in [-0.3, -0.25) is 0 Å². The van der Waals surface area contributed by atoms with Gasteiger partial charge in [0, 0.05) is 18.8 Å². The van der Waals surface area contributed by atoms with Crippen LogP contribution in [0, 0.1) is 5.92 Å². The molecule has 0 aromatic rings. The number of carboxylic acids is 1. The summed E-state index contributed by atoms with van der Waals surface area (Å²) in [7, 11) is 1.41. The maximum Gasteiger partial charge on any atom is 0.333 e. The molecule has 34 heavy (non-hydrogen) atoms. The molecule has 10 heteroatoms. The summed E-state index contributed by atoms with van der Waals surface area (Å²) in [6.07, 6.45) is 4.59. The van der Waals surface area contributed by atoms with Gasteiger partial charge in [0.1, 0.15) is 0 Å². The monoisotopic (exact) mass is 494 g/mol. The molecule has 0 aromatic carbocycles. The highest BCUT2D eigenvalue weighted by molar-refractivity contribution is 5.86. The second-order valence-corrected chi connectivity index (χ2v) is 7.05. The van der Waals surface area contributed by atoms with E-state index in [2.05, 4.69) is 31.7 Å². The number of unbranched alkanes of at least 4 members (excludes halogenated alkanes) is 1. The highest BCUT2D eigenvalue weighted by Crippen LogP contribution is 2.13. The van der Waals surface area contributed by atoms with E-state index in [1.165, 1.54) is 20.0 Å². The first kappa shape index (κ1) is 36.7. The third-order valence-corrected chi connectivity index (χ3v) is 4.03. The van der Waals surface area contributed by atoms with Crippen LogP contribution in [0.1, 0.15) is 46.5 Å². The first-order valence-corrected chi connectivity index (χ1v) is 11.4. The molecule has 0 amide bonds. The number of aliphatic carboxylic acids is 1. The molecule has 0 saturated heterocycles. The summed E-state index contributed by atoms with van der Waals surface area (Å²) < 4.78 is 24.8. The molecular weight excluding hydrogens is 448 g/mol. The van der Waals surface area contributed by atoms with Crippen molar-refractivity contribution in [3.63, 3.8) is 0 Å². The van der Waals surface area contributed by atoms with Gasteiger partial charge in [-0.05, 0) is 19.3 Å². The average Bonchev–Trinajstić information content (AvgIpc) is 2.83. The van der Waals surface area contributed by atoms with Gasteiger partial charge in [0.15, 0.2) is 6.29 Å². The van der Waals surface area contributed by atoms with Crippen LogP contribution in [0.4, 0.5) is 0 Å². The van der Waals surface area contributed by atoms with Crippen LogP contribution in [-0.2, 0) is 33.3 Å². The van der Waals surface area contributed by atoms with E-state index in [-0.39, 0.29) is 19.2 Å². The molecule has 0 aliphatic carbocycles. The predicted octanol–water partition coefficient (Wildman–Crippen LogP) is 2.57. The van der Waals surface area contributed by atoms with E-state index in [1.54, 1.807) is 6.92 Å². The summed E-state index contributed by atoms with van der Waals surface area (Å²) in [4.78, 5) is 20.4. The minimum Gasteiger partial charge on any atom is -0.478 e. The summed E-state index contributed by atoms with van der Waals surface area (Å²) in [6.45, 7) is 15.3. The third-order valence-electron chi connectivity index (χ3n) is 4.03. The van der Waals surface area contributed by atoms with Crippen molar-refractivity contribution in [1.29, 1.82) is 0 Å². The van der Waals surface area contributed by atoms with Crippen LogP contribution in [0.25, 0.3) is 0 Å². The van der Waals surface area contributed by atoms with Crippen LogP contribution in [-0.4, -0.2) is 93.5 Å². The topological polar surface area (TPSA) is 141 Å². The van der Waals surface area contributed by atoms with Crippen LogP contribution in [0.2, 0.25) is 0 Å². The summed E-state index contributed by atoms with van der Waals surface area (Å²) in [5, 5.41) is 24.9. The number of hydrogen-bond donors (Lipinski definition) is 3. The smallest absolute Gasteiger partial charge is 0.333 e. The standard InChI is InChI=1S/C12H22O2.C9H20O6.C3H4O2/c1-5-7-8-11(6-2)9-14-12(13)10(3)4;1-12-9(11)8-15-7-6-14-5-4-13-3-2-10;1-2-3(4)5/h11H,3,5-9H2,1-2,4H3;9-11H,2-8H2,1H3;2H,1H2,(H,4,5). The van der Waals surface area contributed by atoms with Crippen molar-refractivity contribution in [2.75, 3.05) is 60.0 Å². The second-order valence-electron chi connectivity index (χ2n) is 7.05. The lowest BCUT2D eigenvalue weighted by molar-refractivity contribution is -0.140. The van der Waals surface area contributed by atoms with Crippen molar-refractivity contribution in [2.45, 2.75) is 52.7 Å². The summed E-state index contributed by atoms with van der Waals surface area (Å²) >= 11 is 0. The highest BCUT2D eigenvalue weighted by atomic mass is 16.6. The molecule has 0 heterocycles. The molecule has 0 aromatic heterocycles. The molecular formula is C24H46O10. The normalized spacial score (nSPS) is 11.7. The lowest BCUT2D eigenvalue weighted by Crippen LogP contribution is -2.19. The number of methoxy groups -OCH3 is 1. The van der Waals surface area contributed by atoms with Crippen LogP contribution in [0.3, 0.4) is 0 Å². The Morgan fingerprint density at radius 2 is 1.53 bits per heavy atom. The molecule has 0 bridgehead atoms. The zero-order valence-electron chi connectivity index (χ0n) is 21.3. The number of carbonyl (C=O) groups is 2. The van der Waals surface area contributed by atoms with Gasteiger partial charge in [-0.15, -0.1) is 0 Å². The van der Waals surface area contributed by atoms with Crippen molar-refractivity contribution in [3.8, 4) is 0 Å². The van der Waals surface area contributed by atoms with Crippen LogP contribution >= 0.6 is 0 Å². The zero-order chi connectivity index (χ0) is 26.6. The number of hydrogen-bond acceptors (Lipinski definition) is 9. The average molecular weight is 495 g/mol. The number of aliphatic hydroxyl groups excluding tert-OH is 2. The lowest BCUT2D eigenvalue weighted by Gasteiger charge is -2.14. The Morgan fingerprint density at radius 3 is 1.94 bits per heavy atom. The van der Waals surface area contributed by atoms with Crippen LogP contribution < -0.4 is 0 Å². The fraction of sp³-hybridized carbons (Fsp3) is 0.750. The number of aliphatic hydroxyl groups is 2. The van der Waals surface area contributed by atoms with E-state index in [4.69, 9.17) is 34.3 Å². The van der Waals surface area contributed by atoms with Gasteiger partial charge >= 0.3 is 11.9 Å². The first-order chi connectivity index (χ1) is 16.2. The van der Waals surface area contributed by atoms with E-state index in [9.17, 15) is 9.59 Å². The fourth-order valence-corrected chi connectivity index (χ4v) is 1.97. The summed E-state index contributed by atoms with van der Waals surface area (Å²) in [6, 6.07) is 0. The maximum atomic E-state index is 11.1. The Bertz CT molecular complexity index is 496. The SMILES string of the molecule is C=C(C)C(=O)OCC(CC)CCCC.C=CC(=O)O.COC(O)COCCOCCOCCO. The minimum absolute atomic E-state index is 0.0258. The number of carbonyl (C=O) groups excluding carboxylic acids is 1. The van der Waals surface area contributed by atoms with Gasteiger partial charge in [0.05, 0.1) is 52.9 Å². The molecule has 2 atom stereocenters. The van der Waals surface area contributed by atoms with Crippen molar-refractivity contribution in [2.24, 2.45) is 5.92 Å². The molecule has 3 N–H and O–H groups in total. The minimum atomic E-state index is -0.981. The van der Waals surface area contributed by atoms with E-state index in [1.807, 2.05) is 0 Å². The van der Waals surface area contributed by atoms with Crippen molar-refractivity contribution >= 4 is 11.9 Å². The molecule has 202 valence electrons. The molecule has 0 fully saturated rings. The van der Waals surface area contributed by atoms with Gasteiger partial charge in [-0.25, -0.2) is 9.59 Å². The molecule has 0 spiro atoms. The van der Waals surface area contributed by atoms with Crippen LogP contribution in [0.5, 0.6) is 0 Å². The Hall–Kier alpha value is -1.82. The molecule has 0 aliphatic rings. The van der Waals surface area contributed by atoms with Gasteiger partial charge in [0.2, 0.25) is 0 Å². The van der Waals surface area contributed by atoms with Crippen LogP contribution in [0.15, 0.2) is 24.8 Å². The number of carboxylic acid groups (broad SMARTS) is 1. The Morgan fingerprint density at radius 1 is 1.00 bits per heavy atom. The number of esters is 1. The maximum absolute atomic E-state index is 11.1. The number of rotatable bonds is 19. The Balaban J connectivity index is -0.000000473. The first-order valence-electron chi connectivity index (χ1n) is 11.4. The van der Waals surface area contributed by atoms with E-state index < -0.39 is 12.3 Å². The molecule has 0 aliphatic heterocycles. The molecule has 2 unspecified atom stereocenters. The van der Waals surface area contributed by atoms with Gasteiger partial charge < -0.3 is 39.0 Å². The summed E-state index contributed by atoms with van der Waals surface area (Å²) in [5.41, 5.74) is 0.482. The molecule has 10 nitrogen and oxygen atoms in total. The molecule has 0 saturated carbocycles. The van der Waals surface area contributed by atoms with Crippen molar-refractivity contribution in [1.82, 2.24) is 0 Å². The van der Waals surface area contributed by atoms with E-state index >= 15 is 0 Å². The fourth-order valence-electron chi connectivity index (χ4n) is 1.97. The van der Waals surface area contributed by atoms with E-state index in [0.29, 0.717) is 51.1 Å². The second kappa shape index (κ2) is 29.2. The largest absolute Gasteiger partial charge is 0.478 e. The van der Waals surface area contributed by atoms with Crippen molar-refractivity contribution in [3.05, 3.63) is 24.8 Å². The van der Waals surface area contributed by atoms with Crippen molar-refractivity contribution < 1.29 is 48.6 Å². The lowest BCUT2D eigenvalue weighted by atomic mass is 10.0.